The molecule has 0 unspecified atom stereocenters. The first-order valence-electron chi connectivity index (χ1n) is 10.6. The number of nitrogens with zero attached hydrogens (tertiary/aromatic N) is 1. The van der Waals surface area contributed by atoms with Crippen LogP contribution < -0.4 is 10.6 Å². The number of hydrogen-bond acceptors (Lipinski definition) is 3. The summed E-state index contributed by atoms with van der Waals surface area (Å²) in [5, 5.41) is 5.86. The lowest BCUT2D eigenvalue weighted by atomic mass is 9.88. The van der Waals surface area contributed by atoms with Gasteiger partial charge in [0.2, 0.25) is 5.91 Å². The van der Waals surface area contributed by atoms with Crippen molar-refractivity contribution in [1.82, 2.24) is 15.5 Å². The van der Waals surface area contributed by atoms with Crippen LogP contribution in [0.4, 0.5) is 9.18 Å². The number of carbonyl (C=O) groups is 2. The van der Waals surface area contributed by atoms with Crippen LogP contribution in [-0.4, -0.2) is 29.9 Å². The normalized spacial score (nSPS) is 18.8. The molecule has 2 atom stereocenters. The van der Waals surface area contributed by atoms with E-state index in [1.165, 1.54) is 6.07 Å². The number of furan rings is 1. The van der Waals surface area contributed by atoms with Crippen LogP contribution in [0.3, 0.4) is 0 Å². The van der Waals surface area contributed by atoms with Crippen LogP contribution >= 0.6 is 0 Å². The summed E-state index contributed by atoms with van der Waals surface area (Å²) in [7, 11) is 0. The first kappa shape index (κ1) is 21.9. The molecule has 1 fully saturated rings. The average Bonchev–Trinajstić information content (AvgIpc) is 3.27. The van der Waals surface area contributed by atoms with Crippen molar-refractivity contribution < 1.29 is 18.4 Å². The predicted molar refractivity (Wildman–Crippen MR) is 112 cm³/mol. The summed E-state index contributed by atoms with van der Waals surface area (Å²) >= 11 is 0. The number of aryl methyl sites for hydroxylation is 1. The molecular formula is C23H30FN3O3. The van der Waals surface area contributed by atoms with Gasteiger partial charge in [-0.15, -0.1) is 0 Å². The Labute approximate surface area is 176 Å². The highest BCUT2D eigenvalue weighted by Crippen LogP contribution is 2.34. The maximum Gasteiger partial charge on any atom is 0.317 e. The van der Waals surface area contributed by atoms with E-state index >= 15 is 0 Å². The topological polar surface area (TPSA) is 74.6 Å². The molecule has 0 radical (unpaired) electrons. The van der Waals surface area contributed by atoms with Crippen molar-refractivity contribution in [2.75, 3.05) is 13.1 Å². The van der Waals surface area contributed by atoms with Crippen LogP contribution in [0, 0.1) is 18.7 Å². The Morgan fingerprint density at radius 1 is 1.23 bits per heavy atom. The van der Waals surface area contributed by atoms with Crippen LogP contribution in [0.25, 0.3) is 0 Å². The summed E-state index contributed by atoms with van der Waals surface area (Å²) in [6.07, 6.45) is 4.75. The van der Waals surface area contributed by atoms with Gasteiger partial charge in [0.15, 0.2) is 0 Å². The zero-order valence-corrected chi connectivity index (χ0v) is 17.6. The van der Waals surface area contributed by atoms with Crippen molar-refractivity contribution in [3.8, 4) is 0 Å². The van der Waals surface area contributed by atoms with Gasteiger partial charge in [0.1, 0.15) is 11.6 Å². The van der Waals surface area contributed by atoms with E-state index in [0.29, 0.717) is 43.8 Å². The molecule has 2 heterocycles. The van der Waals surface area contributed by atoms with Gasteiger partial charge in [-0.05, 0) is 55.5 Å². The van der Waals surface area contributed by atoms with Crippen molar-refractivity contribution in [3.63, 3.8) is 0 Å². The van der Waals surface area contributed by atoms with E-state index < -0.39 is 0 Å². The van der Waals surface area contributed by atoms with Crippen LogP contribution in [0.5, 0.6) is 0 Å². The third-order valence-corrected chi connectivity index (χ3v) is 5.60. The minimum atomic E-state index is -0.297. The Bertz CT molecular complexity index is 853. The minimum absolute atomic E-state index is 0.0912. The van der Waals surface area contributed by atoms with E-state index in [1.807, 2.05) is 6.07 Å². The summed E-state index contributed by atoms with van der Waals surface area (Å²) in [6.45, 7) is 5.03. The average molecular weight is 416 g/mol. The Morgan fingerprint density at radius 2 is 2.07 bits per heavy atom. The number of unbranched alkanes of at least 4 members (excludes halogenated alkanes) is 1. The Hall–Kier alpha value is -2.83. The van der Waals surface area contributed by atoms with Crippen molar-refractivity contribution in [1.29, 1.82) is 0 Å². The molecule has 0 aliphatic carbocycles. The molecule has 0 bridgehead atoms. The number of carbonyl (C=O) groups excluding carboxylic acids is 2. The van der Waals surface area contributed by atoms with E-state index in [9.17, 15) is 14.0 Å². The molecule has 7 heteroatoms. The van der Waals surface area contributed by atoms with E-state index in [-0.39, 0.29) is 29.7 Å². The zero-order valence-electron chi connectivity index (χ0n) is 17.6. The summed E-state index contributed by atoms with van der Waals surface area (Å²) < 4.78 is 19.0. The maximum absolute atomic E-state index is 13.7. The van der Waals surface area contributed by atoms with Gasteiger partial charge in [0.25, 0.3) is 0 Å². The van der Waals surface area contributed by atoms with E-state index in [0.717, 1.165) is 18.4 Å². The second-order valence-electron chi connectivity index (χ2n) is 7.83. The first-order valence-corrected chi connectivity index (χ1v) is 10.6. The molecule has 6 nitrogen and oxygen atoms in total. The molecule has 162 valence electrons. The smallest absolute Gasteiger partial charge is 0.317 e. The molecule has 3 rings (SSSR count). The molecule has 1 aliphatic rings. The molecule has 0 saturated carbocycles. The molecular weight excluding hydrogens is 385 g/mol. The zero-order chi connectivity index (χ0) is 21.5. The van der Waals surface area contributed by atoms with Gasteiger partial charge in [-0.2, -0.15) is 0 Å². The number of piperidine rings is 1. The number of rotatable bonds is 7. The van der Waals surface area contributed by atoms with Crippen molar-refractivity contribution in [3.05, 3.63) is 59.3 Å². The number of halogens is 1. The molecule has 0 spiro atoms. The van der Waals surface area contributed by atoms with Gasteiger partial charge in [0.05, 0.1) is 24.8 Å². The number of likely N-dealkylation sites (tertiary alicyclic amines) is 1. The second kappa shape index (κ2) is 10.3. The van der Waals surface area contributed by atoms with E-state index in [1.54, 1.807) is 36.3 Å². The SMILES string of the molecule is CCCCNC(=O)N1C[C@H](C(=O)NCc2ccco2)CC[C@H]1c1ccc(F)c(C)c1. The standard InChI is InChI=1S/C23H30FN3O3/c1-3-4-11-25-23(29)27-15-18(22(28)26-14-19-6-5-12-30-19)8-10-21(27)17-7-9-20(24)16(2)13-17/h5-7,9,12-13,18,21H,3-4,8,10-11,14-15H2,1-2H3,(H,25,29)(H,26,28)/t18-,21+/m1/s1. The molecule has 2 N–H and O–H groups in total. The fourth-order valence-corrected chi connectivity index (χ4v) is 3.84. The number of urea groups is 1. The molecule has 1 saturated heterocycles. The lowest BCUT2D eigenvalue weighted by Crippen LogP contribution is -2.50. The second-order valence-corrected chi connectivity index (χ2v) is 7.83. The molecule has 1 aliphatic heterocycles. The number of hydrogen-bond donors (Lipinski definition) is 2. The lowest BCUT2D eigenvalue weighted by molar-refractivity contribution is -0.127. The number of benzene rings is 1. The van der Waals surface area contributed by atoms with Crippen LogP contribution in [-0.2, 0) is 11.3 Å². The summed E-state index contributed by atoms with van der Waals surface area (Å²) in [6, 6.07) is 8.20. The molecule has 1 aromatic heterocycles. The van der Waals surface area contributed by atoms with Gasteiger partial charge in [-0.25, -0.2) is 9.18 Å². The number of nitrogens with one attached hydrogen (secondary N) is 2. The lowest BCUT2D eigenvalue weighted by Gasteiger charge is -2.39. The quantitative estimate of drug-likeness (QED) is 0.662. The van der Waals surface area contributed by atoms with Gasteiger partial charge in [-0.3, -0.25) is 4.79 Å². The van der Waals surface area contributed by atoms with Gasteiger partial charge in [-0.1, -0.05) is 25.5 Å². The molecule has 3 amide bonds. The van der Waals surface area contributed by atoms with Crippen LogP contribution in [0.2, 0.25) is 0 Å². The monoisotopic (exact) mass is 415 g/mol. The highest BCUT2D eigenvalue weighted by atomic mass is 19.1. The van der Waals surface area contributed by atoms with Crippen LogP contribution in [0.15, 0.2) is 41.0 Å². The Morgan fingerprint density at radius 3 is 2.77 bits per heavy atom. The largest absolute Gasteiger partial charge is 0.467 e. The Balaban J connectivity index is 1.71. The number of amides is 3. The first-order chi connectivity index (χ1) is 14.5. The Kier molecular flexibility index (Phi) is 7.49. The van der Waals surface area contributed by atoms with Crippen molar-refractivity contribution in [2.24, 2.45) is 5.92 Å². The van der Waals surface area contributed by atoms with Gasteiger partial charge in [0, 0.05) is 13.1 Å². The molecule has 1 aromatic carbocycles. The summed E-state index contributed by atoms with van der Waals surface area (Å²) in [5.74, 6) is 0.0397. The fraction of sp³-hybridized carbons (Fsp3) is 0.478. The minimum Gasteiger partial charge on any atom is -0.467 e. The van der Waals surface area contributed by atoms with E-state index in [2.05, 4.69) is 17.6 Å². The van der Waals surface area contributed by atoms with Crippen LogP contribution in [0.1, 0.15) is 55.5 Å². The maximum atomic E-state index is 13.7. The van der Waals surface area contributed by atoms with Gasteiger partial charge < -0.3 is 20.0 Å². The predicted octanol–water partition coefficient (Wildman–Crippen LogP) is 4.31. The van der Waals surface area contributed by atoms with E-state index in [4.69, 9.17) is 4.42 Å². The summed E-state index contributed by atoms with van der Waals surface area (Å²) in [4.78, 5) is 27.3. The van der Waals surface area contributed by atoms with Gasteiger partial charge >= 0.3 is 6.03 Å². The highest BCUT2D eigenvalue weighted by Gasteiger charge is 2.35. The van der Waals surface area contributed by atoms with Crippen molar-refractivity contribution in [2.45, 2.75) is 52.1 Å². The molecule has 2 aromatic rings. The third-order valence-electron chi connectivity index (χ3n) is 5.60. The fourth-order valence-electron chi connectivity index (χ4n) is 3.84. The molecule has 30 heavy (non-hydrogen) atoms. The highest BCUT2D eigenvalue weighted by molar-refractivity contribution is 5.81. The summed E-state index contributed by atoms with van der Waals surface area (Å²) in [5.41, 5.74) is 1.45. The van der Waals surface area contributed by atoms with Crippen molar-refractivity contribution >= 4 is 11.9 Å². The third kappa shape index (κ3) is 5.40.